The molecule has 0 saturated carbocycles. The summed E-state index contributed by atoms with van der Waals surface area (Å²) in [6.07, 6.45) is -0.781. The van der Waals surface area contributed by atoms with E-state index >= 15 is 0 Å². The molecule has 2 rings (SSSR count). The summed E-state index contributed by atoms with van der Waals surface area (Å²) >= 11 is 0. The van der Waals surface area contributed by atoms with Crippen LogP contribution in [0.3, 0.4) is 0 Å². The number of amides is 1. The third kappa shape index (κ3) is 4.25. The van der Waals surface area contributed by atoms with Crippen molar-refractivity contribution in [3.05, 3.63) is 59.7 Å². The number of nitrogens with zero attached hydrogens (tertiary/aromatic N) is 1. The van der Waals surface area contributed by atoms with Crippen LogP contribution in [-0.4, -0.2) is 39.8 Å². The van der Waals surface area contributed by atoms with E-state index in [1.165, 1.54) is 27.3 Å². The van der Waals surface area contributed by atoms with E-state index in [-0.39, 0.29) is 10.8 Å². The minimum Gasteiger partial charge on any atom is -0.367 e. The van der Waals surface area contributed by atoms with Crippen LogP contribution >= 0.6 is 0 Å². The first kappa shape index (κ1) is 19.1. The molecule has 0 aliphatic rings. The average Bonchev–Trinajstić information content (AvgIpc) is 2.58. The molecule has 1 unspecified atom stereocenters. The van der Waals surface area contributed by atoms with Crippen LogP contribution in [0.2, 0.25) is 0 Å². The smallest absolute Gasteiger partial charge is 0.258 e. The molecule has 1 N–H and O–H groups in total. The highest BCUT2D eigenvalue weighted by Gasteiger charge is 2.23. The molecule has 0 aliphatic heterocycles. The van der Waals surface area contributed by atoms with Gasteiger partial charge in [-0.05, 0) is 30.2 Å². The third-order valence-electron chi connectivity index (χ3n) is 3.79. The summed E-state index contributed by atoms with van der Waals surface area (Å²) in [6.45, 7) is 1.71. The van der Waals surface area contributed by atoms with Crippen LogP contribution in [0.1, 0.15) is 17.2 Å². The second-order valence-electron chi connectivity index (χ2n) is 5.78. The highest BCUT2D eigenvalue weighted by atomic mass is 32.2. The minimum atomic E-state index is -3.59. The van der Waals surface area contributed by atoms with Gasteiger partial charge in [-0.25, -0.2) is 12.7 Å². The van der Waals surface area contributed by atoms with Gasteiger partial charge in [0.05, 0.1) is 4.90 Å². The zero-order valence-corrected chi connectivity index (χ0v) is 15.5. The summed E-state index contributed by atoms with van der Waals surface area (Å²) in [5.74, 6) is -0.370. The number of carbonyl (C=O) groups excluding carboxylic acids is 1. The first-order valence-electron chi connectivity index (χ1n) is 7.69. The van der Waals surface area contributed by atoms with E-state index in [1.807, 2.05) is 18.2 Å². The SMILES string of the molecule is COC(C(=O)Nc1ccc(C)c(S(=O)(=O)N(C)C)c1)c1ccccc1. The highest BCUT2D eigenvalue weighted by molar-refractivity contribution is 7.89. The third-order valence-corrected chi connectivity index (χ3v) is 5.75. The predicted octanol–water partition coefficient (Wildman–Crippen LogP) is 2.57. The van der Waals surface area contributed by atoms with Crippen molar-refractivity contribution in [3.63, 3.8) is 0 Å². The molecule has 25 heavy (non-hydrogen) atoms. The maximum absolute atomic E-state index is 12.5. The van der Waals surface area contributed by atoms with E-state index in [4.69, 9.17) is 4.74 Å². The molecule has 6 nitrogen and oxygen atoms in total. The Morgan fingerprint density at radius 2 is 1.76 bits per heavy atom. The number of hydrogen-bond donors (Lipinski definition) is 1. The molecule has 2 aromatic rings. The van der Waals surface area contributed by atoms with Crippen molar-refractivity contribution in [1.29, 1.82) is 0 Å². The molecule has 2 aromatic carbocycles. The molecule has 7 heteroatoms. The van der Waals surface area contributed by atoms with E-state index < -0.39 is 16.1 Å². The van der Waals surface area contributed by atoms with Crippen molar-refractivity contribution >= 4 is 21.6 Å². The number of hydrogen-bond acceptors (Lipinski definition) is 4. The van der Waals surface area contributed by atoms with Gasteiger partial charge in [-0.2, -0.15) is 0 Å². The van der Waals surface area contributed by atoms with Crippen LogP contribution in [0.5, 0.6) is 0 Å². The van der Waals surface area contributed by atoms with Gasteiger partial charge >= 0.3 is 0 Å². The fourth-order valence-electron chi connectivity index (χ4n) is 2.38. The molecule has 0 spiro atoms. The van der Waals surface area contributed by atoms with Crippen LogP contribution in [0.25, 0.3) is 0 Å². The fourth-order valence-corrected chi connectivity index (χ4v) is 3.53. The van der Waals surface area contributed by atoms with E-state index in [0.29, 0.717) is 11.3 Å². The van der Waals surface area contributed by atoms with Gasteiger partial charge in [0.15, 0.2) is 6.10 Å². The minimum absolute atomic E-state index is 0.156. The Morgan fingerprint density at radius 3 is 2.32 bits per heavy atom. The zero-order chi connectivity index (χ0) is 18.6. The Hall–Kier alpha value is -2.22. The van der Waals surface area contributed by atoms with Gasteiger partial charge in [0, 0.05) is 26.9 Å². The summed E-state index contributed by atoms with van der Waals surface area (Å²) in [6, 6.07) is 13.9. The standard InChI is InChI=1S/C18H22N2O4S/c1-13-10-11-15(12-16(13)25(22,23)20(2)3)19-18(21)17(24-4)14-8-6-5-7-9-14/h5-12,17H,1-4H3,(H,19,21). The summed E-state index contributed by atoms with van der Waals surface area (Å²) in [5.41, 5.74) is 1.72. The Labute approximate surface area is 148 Å². The van der Waals surface area contributed by atoms with Gasteiger partial charge in [0.1, 0.15) is 0 Å². The number of nitrogens with one attached hydrogen (secondary N) is 1. The number of ether oxygens (including phenoxy) is 1. The molecular formula is C18H22N2O4S. The van der Waals surface area contributed by atoms with Gasteiger partial charge in [-0.15, -0.1) is 0 Å². The van der Waals surface area contributed by atoms with Crippen molar-refractivity contribution < 1.29 is 17.9 Å². The summed E-state index contributed by atoms with van der Waals surface area (Å²) in [4.78, 5) is 12.7. The molecule has 134 valence electrons. The molecule has 0 aromatic heterocycles. The van der Waals surface area contributed by atoms with Gasteiger partial charge < -0.3 is 10.1 Å². The van der Waals surface area contributed by atoms with Crippen LogP contribution in [-0.2, 0) is 19.6 Å². The van der Waals surface area contributed by atoms with Gasteiger partial charge in [-0.3, -0.25) is 4.79 Å². The van der Waals surface area contributed by atoms with Crippen molar-refractivity contribution in [3.8, 4) is 0 Å². The highest BCUT2D eigenvalue weighted by Crippen LogP contribution is 2.24. The second kappa shape index (κ2) is 7.77. The Morgan fingerprint density at radius 1 is 1.12 bits per heavy atom. The van der Waals surface area contributed by atoms with E-state index in [2.05, 4.69) is 5.32 Å². The Balaban J connectivity index is 2.30. The number of rotatable bonds is 6. The number of methoxy groups -OCH3 is 1. The van der Waals surface area contributed by atoms with Crippen LogP contribution < -0.4 is 5.32 Å². The molecule has 0 bridgehead atoms. The number of aryl methyl sites for hydroxylation is 1. The maximum atomic E-state index is 12.5. The Bertz CT molecular complexity index is 849. The predicted molar refractivity (Wildman–Crippen MR) is 96.9 cm³/mol. The van der Waals surface area contributed by atoms with Crippen molar-refractivity contribution in [2.24, 2.45) is 0 Å². The molecule has 0 saturated heterocycles. The maximum Gasteiger partial charge on any atom is 0.258 e. The summed E-state index contributed by atoms with van der Waals surface area (Å²) in [5, 5.41) is 2.72. The summed E-state index contributed by atoms with van der Waals surface area (Å²) < 4.78 is 31.2. The van der Waals surface area contributed by atoms with E-state index in [0.717, 1.165) is 9.87 Å². The van der Waals surface area contributed by atoms with Gasteiger partial charge in [-0.1, -0.05) is 36.4 Å². The molecule has 1 atom stereocenters. The lowest BCUT2D eigenvalue weighted by atomic mass is 10.1. The van der Waals surface area contributed by atoms with Crippen LogP contribution in [0.15, 0.2) is 53.4 Å². The molecule has 0 radical (unpaired) electrons. The Kier molecular flexibility index (Phi) is 5.94. The van der Waals surface area contributed by atoms with Crippen LogP contribution in [0.4, 0.5) is 5.69 Å². The summed E-state index contributed by atoms with van der Waals surface area (Å²) in [7, 11) is 0.797. The van der Waals surface area contributed by atoms with Crippen LogP contribution in [0, 0.1) is 6.92 Å². The number of sulfonamides is 1. The second-order valence-corrected chi connectivity index (χ2v) is 7.90. The molecule has 0 heterocycles. The first-order chi connectivity index (χ1) is 11.8. The fraction of sp³-hybridized carbons (Fsp3) is 0.278. The van der Waals surface area contributed by atoms with Crippen molar-refractivity contribution in [1.82, 2.24) is 4.31 Å². The molecule has 0 fully saturated rings. The molecule has 0 aliphatic carbocycles. The lowest BCUT2D eigenvalue weighted by Gasteiger charge is -2.18. The van der Waals surface area contributed by atoms with E-state index in [9.17, 15) is 13.2 Å². The lowest BCUT2D eigenvalue weighted by molar-refractivity contribution is -0.126. The van der Waals surface area contributed by atoms with Crippen molar-refractivity contribution in [2.75, 3.05) is 26.5 Å². The first-order valence-corrected chi connectivity index (χ1v) is 9.13. The monoisotopic (exact) mass is 362 g/mol. The average molecular weight is 362 g/mol. The quantitative estimate of drug-likeness (QED) is 0.857. The number of benzene rings is 2. The molecule has 1 amide bonds. The van der Waals surface area contributed by atoms with Crippen molar-refractivity contribution in [2.45, 2.75) is 17.9 Å². The zero-order valence-electron chi connectivity index (χ0n) is 14.7. The number of anilines is 1. The largest absolute Gasteiger partial charge is 0.367 e. The number of carbonyl (C=O) groups is 1. The van der Waals surface area contributed by atoms with Gasteiger partial charge in [0.2, 0.25) is 10.0 Å². The normalized spacial score (nSPS) is 12.8. The van der Waals surface area contributed by atoms with Gasteiger partial charge in [0.25, 0.3) is 5.91 Å². The lowest BCUT2D eigenvalue weighted by Crippen LogP contribution is -2.24. The topological polar surface area (TPSA) is 75.7 Å². The molecular weight excluding hydrogens is 340 g/mol. The van der Waals surface area contributed by atoms with E-state index in [1.54, 1.807) is 31.2 Å².